The first kappa shape index (κ1) is 11.2. The van der Waals surface area contributed by atoms with Crippen molar-refractivity contribution in [2.45, 2.75) is 13.0 Å². The third-order valence-corrected chi connectivity index (χ3v) is 2.84. The van der Waals surface area contributed by atoms with Crippen LogP contribution in [-0.2, 0) is 7.05 Å². The van der Waals surface area contributed by atoms with Crippen LogP contribution >= 0.6 is 11.6 Å². The topological polar surface area (TPSA) is 43.8 Å². The molecule has 4 heteroatoms. The summed E-state index contributed by atoms with van der Waals surface area (Å²) in [6.45, 7) is 1.92. The fraction of sp³-hybridized carbons (Fsp3) is 0.250. The molecule has 0 aliphatic rings. The molecule has 0 fully saturated rings. The van der Waals surface area contributed by atoms with E-state index in [1.54, 1.807) is 4.68 Å². The molecule has 0 amide bonds. The van der Waals surface area contributed by atoms with Gasteiger partial charge in [0.25, 0.3) is 0 Å². The first-order chi connectivity index (χ1) is 7.59. The fourth-order valence-corrected chi connectivity index (χ4v) is 1.87. The van der Waals surface area contributed by atoms with Gasteiger partial charge in [-0.1, -0.05) is 29.8 Å². The van der Waals surface area contributed by atoms with Gasteiger partial charge in [0.15, 0.2) is 0 Å². The van der Waals surface area contributed by atoms with E-state index in [0.717, 1.165) is 22.0 Å². The second kappa shape index (κ2) is 4.28. The van der Waals surface area contributed by atoms with Crippen molar-refractivity contribution in [1.29, 1.82) is 0 Å². The molecule has 84 valence electrons. The van der Waals surface area contributed by atoms with Crippen molar-refractivity contribution in [3.63, 3.8) is 0 Å². The quantitative estimate of drug-likeness (QED) is 0.870. The molecule has 1 aromatic heterocycles. The Labute approximate surface area is 99.8 Å². The number of nitrogens with zero attached hydrogens (tertiary/aromatic N) is 2. The lowest BCUT2D eigenvalue weighted by atomic mass is 10.1. The SMILES string of the molecule is CC(N)c1cc(-c2ccccc2Cl)n(C)n1. The number of aromatic nitrogens is 2. The Morgan fingerprint density at radius 1 is 1.38 bits per heavy atom. The molecular formula is C12H14ClN3. The number of rotatable bonds is 2. The predicted octanol–water partition coefficient (Wildman–Crippen LogP) is 2.76. The van der Waals surface area contributed by atoms with E-state index in [1.165, 1.54) is 0 Å². The third kappa shape index (κ3) is 1.96. The molecule has 0 bridgehead atoms. The molecular weight excluding hydrogens is 222 g/mol. The van der Waals surface area contributed by atoms with Crippen molar-refractivity contribution in [1.82, 2.24) is 9.78 Å². The van der Waals surface area contributed by atoms with Crippen LogP contribution in [0.15, 0.2) is 30.3 Å². The Balaban J connectivity index is 2.52. The van der Waals surface area contributed by atoms with Gasteiger partial charge in [-0.3, -0.25) is 4.68 Å². The minimum atomic E-state index is -0.0672. The summed E-state index contributed by atoms with van der Waals surface area (Å²) >= 11 is 6.15. The summed E-state index contributed by atoms with van der Waals surface area (Å²) < 4.78 is 1.81. The maximum atomic E-state index is 6.15. The second-order valence-electron chi connectivity index (χ2n) is 3.85. The van der Waals surface area contributed by atoms with E-state index in [2.05, 4.69) is 5.10 Å². The van der Waals surface area contributed by atoms with Crippen LogP contribution in [-0.4, -0.2) is 9.78 Å². The summed E-state index contributed by atoms with van der Waals surface area (Å²) in [5, 5.41) is 5.08. The first-order valence-corrected chi connectivity index (χ1v) is 5.52. The summed E-state index contributed by atoms with van der Waals surface area (Å²) in [5.41, 5.74) is 8.64. The van der Waals surface area contributed by atoms with Crippen LogP contribution in [0.1, 0.15) is 18.7 Å². The van der Waals surface area contributed by atoms with Crippen molar-refractivity contribution in [2.24, 2.45) is 12.8 Å². The van der Waals surface area contributed by atoms with Gasteiger partial charge >= 0.3 is 0 Å². The van der Waals surface area contributed by atoms with Crippen LogP contribution in [0.4, 0.5) is 0 Å². The van der Waals surface area contributed by atoms with Crippen LogP contribution in [0.2, 0.25) is 5.02 Å². The Hall–Kier alpha value is -1.32. The monoisotopic (exact) mass is 235 g/mol. The maximum Gasteiger partial charge on any atom is 0.0795 e. The van der Waals surface area contributed by atoms with Gasteiger partial charge in [-0.05, 0) is 19.1 Å². The molecule has 3 nitrogen and oxygen atoms in total. The maximum absolute atomic E-state index is 6.15. The molecule has 0 saturated heterocycles. The summed E-state index contributed by atoms with van der Waals surface area (Å²) in [4.78, 5) is 0. The minimum Gasteiger partial charge on any atom is -0.323 e. The molecule has 2 rings (SSSR count). The average Bonchev–Trinajstić information content (AvgIpc) is 2.61. The van der Waals surface area contributed by atoms with E-state index < -0.39 is 0 Å². The van der Waals surface area contributed by atoms with Crippen LogP contribution in [0.25, 0.3) is 11.3 Å². The molecule has 0 spiro atoms. The number of nitrogens with two attached hydrogens (primary N) is 1. The second-order valence-corrected chi connectivity index (χ2v) is 4.25. The Bertz CT molecular complexity index is 503. The molecule has 1 atom stereocenters. The highest BCUT2D eigenvalue weighted by Gasteiger charge is 2.11. The minimum absolute atomic E-state index is 0.0672. The Kier molecular flexibility index (Phi) is 2.99. The number of hydrogen-bond acceptors (Lipinski definition) is 2. The number of benzene rings is 1. The molecule has 0 aliphatic heterocycles. The zero-order valence-corrected chi connectivity index (χ0v) is 10.1. The van der Waals surface area contributed by atoms with Crippen molar-refractivity contribution in [2.75, 3.05) is 0 Å². The third-order valence-electron chi connectivity index (χ3n) is 2.52. The summed E-state index contributed by atoms with van der Waals surface area (Å²) in [5.74, 6) is 0. The zero-order valence-electron chi connectivity index (χ0n) is 9.31. The summed E-state index contributed by atoms with van der Waals surface area (Å²) in [6.07, 6.45) is 0. The number of halogens is 1. The Morgan fingerprint density at radius 3 is 2.62 bits per heavy atom. The van der Waals surface area contributed by atoms with E-state index in [4.69, 9.17) is 17.3 Å². The van der Waals surface area contributed by atoms with Crippen molar-refractivity contribution in [3.05, 3.63) is 41.0 Å². The van der Waals surface area contributed by atoms with E-state index in [9.17, 15) is 0 Å². The molecule has 1 heterocycles. The van der Waals surface area contributed by atoms with E-state index in [-0.39, 0.29) is 6.04 Å². The standard InChI is InChI=1S/C12H14ClN3/c1-8(14)11-7-12(16(2)15-11)9-5-3-4-6-10(9)13/h3-8H,14H2,1-2H3. The normalized spacial score (nSPS) is 12.8. The van der Waals surface area contributed by atoms with Gasteiger partial charge in [0.2, 0.25) is 0 Å². The fourth-order valence-electron chi connectivity index (χ4n) is 1.63. The lowest BCUT2D eigenvalue weighted by molar-refractivity contribution is 0.703. The van der Waals surface area contributed by atoms with E-state index in [1.807, 2.05) is 44.3 Å². The first-order valence-electron chi connectivity index (χ1n) is 5.14. The van der Waals surface area contributed by atoms with Gasteiger partial charge in [-0.2, -0.15) is 5.10 Å². The summed E-state index contributed by atoms with van der Waals surface area (Å²) in [6, 6.07) is 9.63. The van der Waals surface area contributed by atoms with Crippen LogP contribution in [0.3, 0.4) is 0 Å². The number of aryl methyl sites for hydroxylation is 1. The molecule has 0 aliphatic carbocycles. The lowest BCUT2D eigenvalue weighted by Crippen LogP contribution is -2.06. The highest BCUT2D eigenvalue weighted by Crippen LogP contribution is 2.28. The molecule has 0 saturated carbocycles. The smallest absolute Gasteiger partial charge is 0.0795 e. The van der Waals surface area contributed by atoms with E-state index >= 15 is 0 Å². The molecule has 0 radical (unpaired) electrons. The molecule has 2 N–H and O–H groups in total. The highest BCUT2D eigenvalue weighted by atomic mass is 35.5. The van der Waals surface area contributed by atoms with Crippen molar-refractivity contribution < 1.29 is 0 Å². The average molecular weight is 236 g/mol. The van der Waals surface area contributed by atoms with Crippen LogP contribution < -0.4 is 5.73 Å². The van der Waals surface area contributed by atoms with Gasteiger partial charge in [-0.25, -0.2) is 0 Å². The molecule has 1 unspecified atom stereocenters. The molecule has 16 heavy (non-hydrogen) atoms. The van der Waals surface area contributed by atoms with Gasteiger partial charge in [0, 0.05) is 23.7 Å². The van der Waals surface area contributed by atoms with Gasteiger partial charge in [0.05, 0.1) is 11.4 Å². The van der Waals surface area contributed by atoms with Crippen LogP contribution in [0.5, 0.6) is 0 Å². The molecule has 1 aromatic carbocycles. The van der Waals surface area contributed by atoms with Gasteiger partial charge in [0.1, 0.15) is 0 Å². The van der Waals surface area contributed by atoms with Gasteiger partial charge in [-0.15, -0.1) is 0 Å². The van der Waals surface area contributed by atoms with Crippen molar-refractivity contribution >= 4 is 11.6 Å². The number of hydrogen-bond donors (Lipinski definition) is 1. The predicted molar refractivity (Wildman–Crippen MR) is 66.3 cm³/mol. The Morgan fingerprint density at radius 2 is 2.06 bits per heavy atom. The van der Waals surface area contributed by atoms with E-state index in [0.29, 0.717) is 0 Å². The lowest BCUT2D eigenvalue weighted by Gasteiger charge is -2.03. The zero-order chi connectivity index (χ0) is 11.7. The molecule has 2 aromatic rings. The van der Waals surface area contributed by atoms with Gasteiger partial charge < -0.3 is 5.73 Å². The van der Waals surface area contributed by atoms with Crippen LogP contribution in [0, 0.1) is 0 Å². The summed E-state index contributed by atoms with van der Waals surface area (Å²) in [7, 11) is 1.89. The largest absolute Gasteiger partial charge is 0.323 e. The highest BCUT2D eigenvalue weighted by molar-refractivity contribution is 6.33. The van der Waals surface area contributed by atoms with Crippen molar-refractivity contribution in [3.8, 4) is 11.3 Å².